The normalized spacial score (nSPS) is 19.1. The summed E-state index contributed by atoms with van der Waals surface area (Å²) >= 11 is 12.5. The first-order valence-electron chi connectivity index (χ1n) is 7.90. The van der Waals surface area contributed by atoms with Gasteiger partial charge in [0, 0.05) is 18.7 Å². The Kier molecular flexibility index (Phi) is 3.62. The van der Waals surface area contributed by atoms with Gasteiger partial charge in [-0.1, -0.05) is 35.7 Å². The number of anilines is 2. The molecule has 1 saturated heterocycles. The maximum absolute atomic E-state index is 6.25. The van der Waals surface area contributed by atoms with Crippen molar-refractivity contribution >= 4 is 34.8 Å². The zero-order valence-electron chi connectivity index (χ0n) is 12.7. The second-order valence-corrected chi connectivity index (χ2v) is 7.40. The average molecular weight is 349 g/mol. The number of hydrogen-bond acceptors (Lipinski definition) is 4. The van der Waals surface area contributed by atoms with Crippen LogP contribution in [0.1, 0.15) is 25.7 Å². The van der Waals surface area contributed by atoms with Gasteiger partial charge in [-0.25, -0.2) is 9.97 Å². The van der Waals surface area contributed by atoms with Crippen molar-refractivity contribution in [2.75, 3.05) is 23.7 Å². The molecule has 1 spiro atoms. The molecule has 1 aliphatic carbocycles. The molecule has 1 aliphatic heterocycles. The summed E-state index contributed by atoms with van der Waals surface area (Å²) in [5.41, 5.74) is 7.86. The van der Waals surface area contributed by atoms with Crippen molar-refractivity contribution in [1.29, 1.82) is 0 Å². The van der Waals surface area contributed by atoms with Crippen LogP contribution in [0.15, 0.2) is 24.4 Å². The third-order valence-electron chi connectivity index (χ3n) is 5.16. The van der Waals surface area contributed by atoms with Gasteiger partial charge in [0.05, 0.1) is 16.2 Å². The zero-order valence-corrected chi connectivity index (χ0v) is 14.2. The lowest BCUT2D eigenvalue weighted by atomic mass is 9.68. The first-order valence-corrected chi connectivity index (χ1v) is 8.65. The van der Waals surface area contributed by atoms with E-state index in [1.54, 1.807) is 24.4 Å². The lowest BCUT2D eigenvalue weighted by Gasteiger charge is -2.38. The number of rotatable bonds is 2. The van der Waals surface area contributed by atoms with E-state index in [1.807, 2.05) is 0 Å². The number of hydrogen-bond donors (Lipinski definition) is 1. The first-order chi connectivity index (χ1) is 11.1. The summed E-state index contributed by atoms with van der Waals surface area (Å²) in [7, 11) is 0. The van der Waals surface area contributed by atoms with E-state index >= 15 is 0 Å². The number of halogens is 2. The van der Waals surface area contributed by atoms with Crippen LogP contribution in [0, 0.1) is 5.41 Å². The molecule has 1 aromatic carbocycles. The maximum Gasteiger partial charge on any atom is 0.152 e. The van der Waals surface area contributed by atoms with Crippen LogP contribution >= 0.6 is 23.2 Å². The fourth-order valence-corrected chi connectivity index (χ4v) is 4.25. The van der Waals surface area contributed by atoms with Crippen molar-refractivity contribution in [2.45, 2.75) is 25.7 Å². The minimum Gasteiger partial charge on any atom is -0.382 e. The molecule has 2 N–H and O–H groups in total. The van der Waals surface area contributed by atoms with E-state index in [4.69, 9.17) is 28.9 Å². The van der Waals surface area contributed by atoms with Gasteiger partial charge in [0.25, 0.3) is 0 Å². The van der Waals surface area contributed by atoms with E-state index in [2.05, 4.69) is 14.9 Å². The average Bonchev–Trinajstić information content (AvgIpc) is 2.94. The Bertz CT molecular complexity index is 738. The van der Waals surface area contributed by atoms with Crippen molar-refractivity contribution in [1.82, 2.24) is 9.97 Å². The van der Waals surface area contributed by atoms with Crippen LogP contribution in [0.5, 0.6) is 0 Å². The molecule has 1 saturated carbocycles. The smallest absolute Gasteiger partial charge is 0.152 e. The van der Waals surface area contributed by atoms with Crippen molar-refractivity contribution < 1.29 is 0 Å². The Morgan fingerprint density at radius 2 is 1.87 bits per heavy atom. The summed E-state index contributed by atoms with van der Waals surface area (Å²) < 4.78 is 0. The molecule has 0 atom stereocenters. The van der Waals surface area contributed by atoms with Gasteiger partial charge < -0.3 is 10.6 Å². The zero-order chi connectivity index (χ0) is 16.0. The molecule has 0 radical (unpaired) electrons. The molecule has 0 amide bonds. The highest BCUT2D eigenvalue weighted by molar-refractivity contribution is 6.39. The van der Waals surface area contributed by atoms with E-state index in [1.165, 1.54) is 25.7 Å². The molecule has 0 bridgehead atoms. The number of nitrogen functional groups attached to an aromatic ring is 1. The second-order valence-electron chi connectivity index (χ2n) is 6.58. The topological polar surface area (TPSA) is 55.0 Å². The molecule has 2 heterocycles. The van der Waals surface area contributed by atoms with Crippen molar-refractivity contribution in [2.24, 2.45) is 5.41 Å². The lowest BCUT2D eigenvalue weighted by Crippen LogP contribution is -2.33. The molecule has 4 rings (SSSR count). The van der Waals surface area contributed by atoms with Crippen LogP contribution in [0.25, 0.3) is 11.3 Å². The summed E-state index contributed by atoms with van der Waals surface area (Å²) in [4.78, 5) is 11.4. The van der Waals surface area contributed by atoms with Crippen LogP contribution < -0.4 is 10.6 Å². The predicted octanol–water partition coefficient (Wildman–Crippen LogP) is 4.41. The van der Waals surface area contributed by atoms with E-state index in [0.717, 1.165) is 18.9 Å². The summed E-state index contributed by atoms with van der Waals surface area (Å²) in [6.07, 6.45) is 7.04. The van der Waals surface area contributed by atoms with Gasteiger partial charge in [0.1, 0.15) is 11.5 Å². The summed E-state index contributed by atoms with van der Waals surface area (Å²) in [6.45, 7) is 2.09. The second kappa shape index (κ2) is 5.53. The molecule has 2 aromatic rings. The number of nitrogens with zero attached hydrogens (tertiary/aromatic N) is 3. The lowest BCUT2D eigenvalue weighted by molar-refractivity contribution is 0.165. The number of aromatic nitrogens is 2. The minimum atomic E-state index is 0.368. The van der Waals surface area contributed by atoms with E-state index in [-0.39, 0.29) is 0 Å². The highest BCUT2D eigenvalue weighted by atomic mass is 35.5. The van der Waals surface area contributed by atoms with Gasteiger partial charge in [-0.15, -0.1) is 0 Å². The molecule has 6 heteroatoms. The third kappa shape index (κ3) is 2.54. The molecule has 2 aliphatic rings. The fourth-order valence-electron chi connectivity index (χ4n) is 3.68. The Morgan fingerprint density at radius 3 is 2.43 bits per heavy atom. The predicted molar refractivity (Wildman–Crippen MR) is 95.0 cm³/mol. The van der Waals surface area contributed by atoms with Crippen LogP contribution in [0.2, 0.25) is 10.0 Å². The van der Waals surface area contributed by atoms with Crippen LogP contribution in [0.4, 0.5) is 11.6 Å². The maximum atomic E-state index is 6.25. The van der Waals surface area contributed by atoms with Crippen LogP contribution in [-0.4, -0.2) is 23.1 Å². The minimum absolute atomic E-state index is 0.368. The fraction of sp³-hybridized carbons (Fsp3) is 0.412. The highest BCUT2D eigenvalue weighted by Gasteiger charge is 2.43. The van der Waals surface area contributed by atoms with E-state index < -0.39 is 0 Å². The van der Waals surface area contributed by atoms with Crippen LogP contribution in [-0.2, 0) is 0 Å². The molecule has 1 aromatic heterocycles. The summed E-state index contributed by atoms with van der Waals surface area (Å²) in [5.74, 6) is 1.21. The number of nitrogens with two attached hydrogens (primary N) is 1. The van der Waals surface area contributed by atoms with Crippen molar-refractivity contribution in [3.05, 3.63) is 34.4 Å². The largest absolute Gasteiger partial charge is 0.382 e. The Hall–Kier alpha value is -1.52. The van der Waals surface area contributed by atoms with E-state index in [9.17, 15) is 0 Å². The van der Waals surface area contributed by atoms with Gasteiger partial charge in [-0.3, -0.25) is 0 Å². The SMILES string of the molecule is Nc1nc(N2CCC3(CCC3)C2)cnc1-c1c(Cl)cccc1Cl. The van der Waals surface area contributed by atoms with Gasteiger partial charge in [-0.05, 0) is 36.8 Å². The molecule has 4 nitrogen and oxygen atoms in total. The Labute approximate surface area is 145 Å². The summed E-state index contributed by atoms with van der Waals surface area (Å²) in [5, 5.41) is 1.06. The quantitative estimate of drug-likeness (QED) is 0.872. The van der Waals surface area contributed by atoms with Gasteiger partial charge in [0.2, 0.25) is 0 Å². The Morgan fingerprint density at radius 1 is 1.13 bits per heavy atom. The molecule has 0 unspecified atom stereocenters. The van der Waals surface area contributed by atoms with Gasteiger partial charge in [0.15, 0.2) is 5.82 Å². The van der Waals surface area contributed by atoms with Gasteiger partial charge >= 0.3 is 0 Å². The van der Waals surface area contributed by atoms with Crippen molar-refractivity contribution in [3.8, 4) is 11.3 Å². The van der Waals surface area contributed by atoms with Crippen molar-refractivity contribution in [3.63, 3.8) is 0 Å². The standard InChI is InChI=1S/C17H18Cl2N4/c18-11-3-1-4-12(19)14(11)15-16(20)22-13(9-21-15)23-8-7-17(10-23)5-2-6-17/h1,3-4,9H,2,5-8,10H2,(H2,20,22). The number of benzene rings is 1. The van der Waals surface area contributed by atoms with E-state index in [0.29, 0.717) is 32.5 Å². The van der Waals surface area contributed by atoms with Crippen LogP contribution in [0.3, 0.4) is 0 Å². The first kappa shape index (κ1) is 15.0. The molecular weight excluding hydrogens is 331 g/mol. The Balaban J connectivity index is 1.65. The third-order valence-corrected chi connectivity index (χ3v) is 5.79. The highest BCUT2D eigenvalue weighted by Crippen LogP contribution is 2.48. The monoisotopic (exact) mass is 348 g/mol. The molecule has 23 heavy (non-hydrogen) atoms. The molecule has 2 fully saturated rings. The van der Waals surface area contributed by atoms with Gasteiger partial charge in [-0.2, -0.15) is 0 Å². The molecule has 120 valence electrons. The molecular formula is C17H18Cl2N4. The summed E-state index contributed by atoms with van der Waals surface area (Å²) in [6, 6.07) is 5.35.